The largest absolute Gasteiger partial charge is 0.465 e. The number of furan rings is 1. The third-order valence-electron chi connectivity index (χ3n) is 3.34. The molecule has 1 aromatic carbocycles. The number of halogens is 2. The van der Waals surface area contributed by atoms with Gasteiger partial charge in [-0.25, -0.2) is 0 Å². The smallest absolute Gasteiger partial charge is 0.270 e. The number of thiocarbonyl (C=S) groups is 1. The number of amides is 2. The van der Waals surface area contributed by atoms with E-state index in [0.717, 1.165) is 4.90 Å². The highest BCUT2D eigenvalue weighted by Crippen LogP contribution is 2.34. The molecule has 1 aliphatic heterocycles. The lowest BCUT2D eigenvalue weighted by Gasteiger charge is -2.29. The molecule has 2 heterocycles. The zero-order valence-corrected chi connectivity index (χ0v) is 14.9. The molecular formula is C17H10Cl2N2O3S. The van der Waals surface area contributed by atoms with Crippen LogP contribution >= 0.6 is 35.4 Å². The Morgan fingerprint density at radius 2 is 1.96 bits per heavy atom. The van der Waals surface area contributed by atoms with Crippen LogP contribution in [0.3, 0.4) is 0 Å². The third kappa shape index (κ3) is 3.51. The SMILES string of the molecule is O=C1NC(=S)N(c2cccc(Cl)c2Cl)C(=O)/C1=C/C=C\c1ccco1. The maximum atomic E-state index is 12.8. The van der Waals surface area contributed by atoms with Crippen molar-refractivity contribution in [1.29, 1.82) is 0 Å². The predicted octanol–water partition coefficient (Wildman–Crippen LogP) is 3.97. The summed E-state index contributed by atoms with van der Waals surface area (Å²) in [6.45, 7) is 0. The van der Waals surface area contributed by atoms with E-state index in [4.69, 9.17) is 39.8 Å². The van der Waals surface area contributed by atoms with Crippen molar-refractivity contribution in [2.45, 2.75) is 0 Å². The topological polar surface area (TPSA) is 62.6 Å². The zero-order chi connectivity index (χ0) is 18.0. The average Bonchev–Trinajstić information content (AvgIpc) is 3.07. The quantitative estimate of drug-likeness (QED) is 0.487. The van der Waals surface area contributed by atoms with E-state index in [9.17, 15) is 9.59 Å². The molecule has 2 aromatic rings. The number of nitrogens with one attached hydrogen (secondary N) is 1. The summed E-state index contributed by atoms with van der Waals surface area (Å²) >= 11 is 17.3. The molecule has 1 aromatic heterocycles. The summed E-state index contributed by atoms with van der Waals surface area (Å²) in [5, 5.41) is 2.85. The standard InChI is InChI=1S/C17H10Cl2N2O3S/c18-12-7-2-8-13(14(12)19)21-16(23)11(15(22)20-17(21)25)6-1-4-10-5-3-9-24-10/h1-9H,(H,20,22,25)/b4-1-,11-6+. The summed E-state index contributed by atoms with van der Waals surface area (Å²) in [6, 6.07) is 8.28. The Morgan fingerprint density at radius 3 is 2.68 bits per heavy atom. The van der Waals surface area contributed by atoms with Gasteiger partial charge >= 0.3 is 0 Å². The molecule has 1 N–H and O–H groups in total. The molecule has 5 nitrogen and oxygen atoms in total. The summed E-state index contributed by atoms with van der Waals surface area (Å²) < 4.78 is 5.15. The molecule has 0 atom stereocenters. The Hall–Kier alpha value is -2.41. The molecule has 0 spiro atoms. The number of carbonyl (C=O) groups is 2. The Labute approximate surface area is 158 Å². The molecule has 0 bridgehead atoms. The van der Waals surface area contributed by atoms with Crippen LogP contribution in [0.5, 0.6) is 0 Å². The third-order valence-corrected chi connectivity index (χ3v) is 4.43. The van der Waals surface area contributed by atoms with Gasteiger partial charge in [-0.3, -0.25) is 19.8 Å². The molecule has 8 heteroatoms. The molecule has 25 heavy (non-hydrogen) atoms. The van der Waals surface area contributed by atoms with Gasteiger partial charge in [0.1, 0.15) is 11.3 Å². The van der Waals surface area contributed by atoms with Crippen LogP contribution < -0.4 is 10.2 Å². The first kappa shape index (κ1) is 17.4. The maximum Gasteiger partial charge on any atom is 0.270 e. The Kier molecular flexibility index (Phi) is 5.03. The summed E-state index contributed by atoms with van der Waals surface area (Å²) in [7, 11) is 0. The van der Waals surface area contributed by atoms with E-state index in [1.165, 1.54) is 18.4 Å². The lowest BCUT2D eigenvalue weighted by molar-refractivity contribution is -0.122. The van der Waals surface area contributed by atoms with E-state index >= 15 is 0 Å². The highest BCUT2D eigenvalue weighted by atomic mass is 35.5. The molecule has 3 rings (SSSR count). The Balaban J connectivity index is 1.95. The van der Waals surface area contributed by atoms with E-state index in [0.29, 0.717) is 11.4 Å². The van der Waals surface area contributed by atoms with Crippen LogP contribution in [0.2, 0.25) is 10.0 Å². The van der Waals surface area contributed by atoms with Crippen LogP contribution in [-0.4, -0.2) is 16.9 Å². The van der Waals surface area contributed by atoms with Gasteiger partial charge in [0.25, 0.3) is 11.8 Å². The van der Waals surface area contributed by atoms with Crippen molar-refractivity contribution in [1.82, 2.24) is 5.32 Å². The van der Waals surface area contributed by atoms with Gasteiger partial charge in [-0.15, -0.1) is 0 Å². The minimum absolute atomic E-state index is 0.0636. The second-order valence-corrected chi connectivity index (χ2v) is 6.10. The molecule has 0 radical (unpaired) electrons. The van der Waals surface area contributed by atoms with E-state index in [1.54, 1.807) is 36.4 Å². The number of hydrogen-bond donors (Lipinski definition) is 1. The number of carbonyl (C=O) groups excluding carboxylic acids is 2. The normalized spacial score (nSPS) is 16.8. The zero-order valence-electron chi connectivity index (χ0n) is 12.5. The van der Waals surface area contributed by atoms with Crippen molar-refractivity contribution in [2.75, 3.05) is 4.90 Å². The molecule has 0 aliphatic carbocycles. The van der Waals surface area contributed by atoms with Crippen molar-refractivity contribution in [2.24, 2.45) is 0 Å². The van der Waals surface area contributed by atoms with E-state index < -0.39 is 11.8 Å². The molecule has 1 saturated heterocycles. The van der Waals surface area contributed by atoms with E-state index in [1.807, 2.05) is 0 Å². The minimum atomic E-state index is -0.595. The lowest BCUT2D eigenvalue weighted by Crippen LogP contribution is -2.54. The summed E-state index contributed by atoms with van der Waals surface area (Å²) in [5.41, 5.74) is 0.206. The van der Waals surface area contributed by atoms with Crippen molar-refractivity contribution in [3.8, 4) is 0 Å². The maximum absolute atomic E-state index is 12.8. The van der Waals surface area contributed by atoms with Gasteiger partial charge in [0.05, 0.1) is 22.0 Å². The van der Waals surface area contributed by atoms with Gasteiger partial charge in [-0.1, -0.05) is 35.3 Å². The second-order valence-electron chi connectivity index (χ2n) is 4.93. The van der Waals surface area contributed by atoms with Gasteiger partial charge in [-0.05, 0) is 48.6 Å². The number of hydrogen-bond acceptors (Lipinski definition) is 4. The number of benzene rings is 1. The number of anilines is 1. The van der Waals surface area contributed by atoms with Crippen molar-refractivity contribution in [3.05, 3.63) is 70.1 Å². The van der Waals surface area contributed by atoms with Crippen LogP contribution in [0.1, 0.15) is 5.76 Å². The highest BCUT2D eigenvalue weighted by molar-refractivity contribution is 7.80. The van der Waals surface area contributed by atoms with Gasteiger partial charge in [-0.2, -0.15) is 0 Å². The average molecular weight is 393 g/mol. The monoisotopic (exact) mass is 392 g/mol. The number of nitrogens with zero attached hydrogens (tertiary/aromatic N) is 1. The van der Waals surface area contributed by atoms with Crippen molar-refractivity contribution < 1.29 is 14.0 Å². The predicted molar refractivity (Wildman–Crippen MR) is 101 cm³/mol. The molecule has 1 fully saturated rings. The van der Waals surface area contributed by atoms with Gasteiger partial charge in [0.2, 0.25) is 0 Å². The van der Waals surface area contributed by atoms with Crippen LogP contribution in [0.4, 0.5) is 5.69 Å². The first-order chi connectivity index (χ1) is 12.0. The van der Waals surface area contributed by atoms with Crippen LogP contribution in [0, 0.1) is 0 Å². The fourth-order valence-corrected chi connectivity index (χ4v) is 2.84. The fourth-order valence-electron chi connectivity index (χ4n) is 2.19. The van der Waals surface area contributed by atoms with E-state index in [2.05, 4.69) is 5.32 Å². The first-order valence-electron chi connectivity index (χ1n) is 7.04. The van der Waals surface area contributed by atoms with Crippen LogP contribution in [0.25, 0.3) is 6.08 Å². The number of rotatable bonds is 3. The molecule has 1 aliphatic rings. The summed E-state index contributed by atoms with van der Waals surface area (Å²) in [4.78, 5) is 26.0. The second kappa shape index (κ2) is 7.23. The molecule has 126 valence electrons. The van der Waals surface area contributed by atoms with Crippen LogP contribution in [-0.2, 0) is 9.59 Å². The van der Waals surface area contributed by atoms with Crippen molar-refractivity contribution in [3.63, 3.8) is 0 Å². The Morgan fingerprint density at radius 1 is 1.16 bits per heavy atom. The van der Waals surface area contributed by atoms with Crippen molar-refractivity contribution >= 4 is 64.1 Å². The number of allylic oxidation sites excluding steroid dienone is 2. The summed E-state index contributed by atoms with van der Waals surface area (Å²) in [5.74, 6) is -0.596. The lowest BCUT2D eigenvalue weighted by atomic mass is 10.1. The molecular weight excluding hydrogens is 383 g/mol. The van der Waals surface area contributed by atoms with Gasteiger partial charge in [0.15, 0.2) is 5.11 Å². The minimum Gasteiger partial charge on any atom is -0.465 e. The highest BCUT2D eigenvalue weighted by Gasteiger charge is 2.35. The molecule has 0 saturated carbocycles. The van der Waals surface area contributed by atoms with Gasteiger partial charge in [0, 0.05) is 0 Å². The molecule has 2 amide bonds. The molecule has 0 unspecified atom stereocenters. The van der Waals surface area contributed by atoms with Crippen LogP contribution in [0.15, 0.2) is 58.7 Å². The van der Waals surface area contributed by atoms with Gasteiger partial charge < -0.3 is 4.42 Å². The summed E-state index contributed by atoms with van der Waals surface area (Å²) in [6.07, 6.45) is 6.06. The Bertz CT molecular complexity index is 920. The fraction of sp³-hybridized carbons (Fsp3) is 0. The first-order valence-corrected chi connectivity index (χ1v) is 8.21. The van der Waals surface area contributed by atoms with E-state index in [-0.39, 0.29) is 20.7 Å².